The molecule has 5 atom stereocenters. The van der Waals surface area contributed by atoms with E-state index < -0.39 is 24.6 Å². The largest absolute Gasteiger partial charge is 0.394 e. The molecule has 78 valence electrons. The number of ether oxygens (including phenoxy) is 2. The molecule has 1 aliphatic rings. The van der Waals surface area contributed by atoms with Crippen molar-refractivity contribution in [2.75, 3.05) is 13.7 Å². The number of hydrogen-bond donors (Lipinski definition) is 3. The van der Waals surface area contributed by atoms with Crippen LogP contribution in [-0.2, 0) is 9.47 Å². The van der Waals surface area contributed by atoms with Crippen LogP contribution in [0.15, 0.2) is 0 Å². The van der Waals surface area contributed by atoms with E-state index in [1.165, 1.54) is 7.11 Å². The quantitative estimate of drug-likeness (QED) is 0.507. The lowest BCUT2D eigenvalue weighted by molar-refractivity contribution is -0.280. The van der Waals surface area contributed by atoms with Crippen LogP contribution in [0.5, 0.6) is 0 Å². The van der Waals surface area contributed by atoms with Gasteiger partial charge < -0.3 is 24.8 Å². The van der Waals surface area contributed by atoms with Crippen LogP contribution >= 0.6 is 0 Å². The van der Waals surface area contributed by atoms with Crippen LogP contribution in [0.1, 0.15) is 6.92 Å². The van der Waals surface area contributed by atoms with E-state index in [2.05, 4.69) is 0 Å². The van der Waals surface area contributed by atoms with Crippen molar-refractivity contribution in [1.82, 2.24) is 0 Å². The molecule has 1 rings (SSSR count). The molecule has 0 amide bonds. The highest BCUT2D eigenvalue weighted by Crippen LogP contribution is 2.25. The summed E-state index contributed by atoms with van der Waals surface area (Å²) in [5, 5.41) is 27.9. The van der Waals surface area contributed by atoms with Crippen LogP contribution in [0.3, 0.4) is 0 Å². The van der Waals surface area contributed by atoms with Crippen LogP contribution in [-0.4, -0.2) is 53.6 Å². The zero-order valence-corrected chi connectivity index (χ0v) is 7.75. The van der Waals surface area contributed by atoms with Gasteiger partial charge in [-0.25, -0.2) is 0 Å². The number of aliphatic hydroxyl groups excluding tert-OH is 3. The highest BCUT2D eigenvalue weighted by atomic mass is 16.7. The molecule has 1 aliphatic heterocycles. The Morgan fingerprint density at radius 2 is 1.92 bits per heavy atom. The molecule has 0 aliphatic carbocycles. The Morgan fingerprint density at radius 3 is 2.38 bits per heavy atom. The summed E-state index contributed by atoms with van der Waals surface area (Å²) >= 11 is 0. The van der Waals surface area contributed by atoms with E-state index in [4.69, 9.17) is 14.6 Å². The monoisotopic (exact) mass is 192 g/mol. The summed E-state index contributed by atoms with van der Waals surface area (Å²) in [4.78, 5) is 0. The third-order valence-electron chi connectivity index (χ3n) is 2.48. The molecule has 0 radical (unpaired) electrons. The molecular formula is C8H16O5. The van der Waals surface area contributed by atoms with Crippen LogP contribution in [0.25, 0.3) is 0 Å². The van der Waals surface area contributed by atoms with Crippen molar-refractivity contribution in [3.63, 3.8) is 0 Å². The van der Waals surface area contributed by atoms with E-state index in [0.717, 1.165) is 0 Å². The summed E-state index contributed by atoms with van der Waals surface area (Å²) in [6, 6.07) is 0. The zero-order valence-electron chi connectivity index (χ0n) is 7.75. The van der Waals surface area contributed by atoms with Gasteiger partial charge in [0.1, 0.15) is 6.10 Å². The molecule has 0 bridgehead atoms. The minimum atomic E-state index is -1.05. The topological polar surface area (TPSA) is 79.2 Å². The van der Waals surface area contributed by atoms with Gasteiger partial charge in [-0.05, 0) is 0 Å². The Morgan fingerprint density at radius 1 is 1.31 bits per heavy atom. The maximum Gasteiger partial charge on any atom is 0.186 e. The van der Waals surface area contributed by atoms with Gasteiger partial charge in [0.05, 0.1) is 18.8 Å². The molecule has 1 saturated heterocycles. The molecular weight excluding hydrogens is 176 g/mol. The summed E-state index contributed by atoms with van der Waals surface area (Å²) < 4.78 is 10.0. The molecule has 0 aromatic carbocycles. The fourth-order valence-electron chi connectivity index (χ4n) is 1.47. The van der Waals surface area contributed by atoms with E-state index >= 15 is 0 Å². The van der Waals surface area contributed by atoms with Gasteiger partial charge in [0.25, 0.3) is 0 Å². The van der Waals surface area contributed by atoms with Crippen molar-refractivity contribution in [2.24, 2.45) is 5.92 Å². The zero-order chi connectivity index (χ0) is 10.0. The summed E-state index contributed by atoms with van der Waals surface area (Å²) in [7, 11) is 1.38. The first-order valence-corrected chi connectivity index (χ1v) is 4.27. The van der Waals surface area contributed by atoms with Crippen LogP contribution < -0.4 is 0 Å². The molecule has 0 unspecified atom stereocenters. The van der Waals surface area contributed by atoms with Gasteiger partial charge in [-0.2, -0.15) is 0 Å². The third kappa shape index (κ3) is 2.00. The van der Waals surface area contributed by atoms with Crippen LogP contribution in [0.2, 0.25) is 0 Å². The van der Waals surface area contributed by atoms with Crippen molar-refractivity contribution in [1.29, 1.82) is 0 Å². The third-order valence-corrected chi connectivity index (χ3v) is 2.48. The Balaban J connectivity index is 2.66. The van der Waals surface area contributed by atoms with Crippen molar-refractivity contribution in [3.05, 3.63) is 0 Å². The van der Waals surface area contributed by atoms with Gasteiger partial charge in [-0.15, -0.1) is 0 Å². The van der Waals surface area contributed by atoms with Gasteiger partial charge in [0.2, 0.25) is 0 Å². The minimum absolute atomic E-state index is 0.190. The van der Waals surface area contributed by atoms with E-state index in [1.807, 2.05) is 0 Å². The van der Waals surface area contributed by atoms with E-state index in [1.54, 1.807) is 6.92 Å². The molecule has 0 saturated carbocycles. The van der Waals surface area contributed by atoms with Gasteiger partial charge in [-0.3, -0.25) is 0 Å². The van der Waals surface area contributed by atoms with Gasteiger partial charge in [0.15, 0.2) is 6.29 Å². The second-order valence-electron chi connectivity index (χ2n) is 3.30. The average molecular weight is 192 g/mol. The van der Waals surface area contributed by atoms with E-state index in [-0.39, 0.29) is 12.5 Å². The van der Waals surface area contributed by atoms with Crippen molar-refractivity contribution >= 4 is 0 Å². The van der Waals surface area contributed by atoms with Gasteiger partial charge in [0, 0.05) is 13.0 Å². The molecule has 0 spiro atoms. The minimum Gasteiger partial charge on any atom is -0.394 e. The first-order valence-electron chi connectivity index (χ1n) is 4.27. The maximum atomic E-state index is 9.53. The second-order valence-corrected chi connectivity index (χ2v) is 3.30. The predicted molar refractivity (Wildman–Crippen MR) is 43.9 cm³/mol. The Kier molecular flexibility index (Phi) is 3.63. The Hall–Kier alpha value is -0.200. The lowest BCUT2D eigenvalue weighted by Gasteiger charge is -2.40. The smallest absolute Gasteiger partial charge is 0.186 e. The lowest BCUT2D eigenvalue weighted by atomic mass is 9.91. The number of rotatable bonds is 2. The first-order chi connectivity index (χ1) is 6.11. The number of aliphatic hydroxyl groups is 3. The van der Waals surface area contributed by atoms with E-state index in [9.17, 15) is 10.2 Å². The van der Waals surface area contributed by atoms with E-state index in [0.29, 0.717) is 0 Å². The normalized spacial score (nSPS) is 46.4. The maximum absolute atomic E-state index is 9.53. The van der Waals surface area contributed by atoms with Crippen molar-refractivity contribution in [2.45, 2.75) is 31.5 Å². The second kappa shape index (κ2) is 4.34. The number of methoxy groups -OCH3 is 1. The molecule has 0 aromatic rings. The molecule has 0 aromatic heterocycles. The summed E-state index contributed by atoms with van der Waals surface area (Å²) in [5.74, 6) is -0.300. The SMILES string of the molecule is CO[C@H]1O[C@H](CO)[C@@H](C)[C@H](O)[C@H]1O. The average Bonchev–Trinajstić information content (AvgIpc) is 2.15. The lowest BCUT2D eigenvalue weighted by Crippen LogP contribution is -2.55. The molecule has 5 nitrogen and oxygen atoms in total. The molecule has 1 fully saturated rings. The Labute approximate surface area is 76.9 Å². The fourth-order valence-corrected chi connectivity index (χ4v) is 1.47. The summed E-state index contributed by atoms with van der Waals surface area (Å²) in [6.45, 7) is 1.52. The van der Waals surface area contributed by atoms with Gasteiger partial charge >= 0.3 is 0 Å². The molecule has 3 N–H and O–H groups in total. The highest BCUT2D eigenvalue weighted by Gasteiger charge is 2.41. The summed E-state index contributed by atoms with van der Waals surface area (Å²) in [5.41, 5.74) is 0. The summed E-state index contributed by atoms with van der Waals surface area (Å²) in [6.07, 6.45) is -3.31. The standard InChI is InChI=1S/C8H16O5/c1-4-5(3-9)13-8(12-2)7(11)6(4)10/h4-11H,3H2,1-2H3/t4-,5-,6+,7-,8+/m1/s1. The molecule has 13 heavy (non-hydrogen) atoms. The fraction of sp³-hybridized carbons (Fsp3) is 1.00. The first kappa shape index (κ1) is 10.9. The Bertz CT molecular complexity index is 143. The molecule has 5 heteroatoms. The number of hydrogen-bond acceptors (Lipinski definition) is 5. The van der Waals surface area contributed by atoms with Crippen molar-refractivity contribution < 1.29 is 24.8 Å². The van der Waals surface area contributed by atoms with Gasteiger partial charge in [-0.1, -0.05) is 6.92 Å². The van der Waals surface area contributed by atoms with Crippen LogP contribution in [0, 0.1) is 5.92 Å². The van der Waals surface area contributed by atoms with Crippen molar-refractivity contribution in [3.8, 4) is 0 Å². The van der Waals surface area contributed by atoms with Crippen LogP contribution in [0.4, 0.5) is 0 Å². The highest BCUT2D eigenvalue weighted by molar-refractivity contribution is 4.86. The predicted octanol–water partition coefficient (Wildman–Crippen LogP) is -1.29. The molecule has 1 heterocycles.